The van der Waals surface area contributed by atoms with Crippen molar-refractivity contribution in [2.45, 2.75) is 26.3 Å². The minimum absolute atomic E-state index is 0.426. The molecular formula is C19H31N7OS. The van der Waals surface area contributed by atoms with Crippen LogP contribution in [0.25, 0.3) is 0 Å². The molecule has 0 bridgehead atoms. The summed E-state index contributed by atoms with van der Waals surface area (Å²) in [5, 5.41) is 19.6. The Morgan fingerprint density at radius 3 is 2.82 bits per heavy atom. The zero-order chi connectivity index (χ0) is 19.8. The van der Waals surface area contributed by atoms with Gasteiger partial charge in [-0.2, -0.15) is 11.3 Å². The molecular weight excluding hydrogens is 374 g/mol. The van der Waals surface area contributed by atoms with Crippen LogP contribution in [0.4, 0.5) is 0 Å². The molecule has 28 heavy (non-hydrogen) atoms. The number of aryl methyl sites for hydroxylation is 1. The lowest BCUT2D eigenvalue weighted by molar-refractivity contribution is 0.0389. The van der Waals surface area contributed by atoms with Crippen molar-refractivity contribution in [3.63, 3.8) is 0 Å². The first-order valence-electron chi connectivity index (χ1n) is 9.82. The van der Waals surface area contributed by atoms with Crippen molar-refractivity contribution in [3.8, 4) is 0 Å². The molecule has 3 heterocycles. The van der Waals surface area contributed by atoms with Crippen molar-refractivity contribution in [1.82, 2.24) is 30.3 Å². The van der Waals surface area contributed by atoms with Gasteiger partial charge in [0.1, 0.15) is 12.4 Å². The molecule has 0 spiro atoms. The van der Waals surface area contributed by atoms with Crippen molar-refractivity contribution in [1.29, 1.82) is 0 Å². The Kier molecular flexibility index (Phi) is 7.81. The average Bonchev–Trinajstić information content (AvgIpc) is 3.36. The van der Waals surface area contributed by atoms with E-state index >= 15 is 0 Å². The zero-order valence-electron chi connectivity index (χ0n) is 17.0. The Labute approximate surface area is 171 Å². The van der Waals surface area contributed by atoms with Crippen LogP contribution in [0.3, 0.4) is 0 Å². The van der Waals surface area contributed by atoms with E-state index in [4.69, 9.17) is 9.73 Å². The van der Waals surface area contributed by atoms with Gasteiger partial charge in [0.05, 0.1) is 13.2 Å². The highest BCUT2D eigenvalue weighted by Gasteiger charge is 2.11. The molecule has 9 heteroatoms. The number of guanidine groups is 1. The molecule has 1 aliphatic heterocycles. The largest absolute Gasteiger partial charge is 0.379 e. The number of rotatable bonds is 8. The lowest BCUT2D eigenvalue weighted by atomic mass is 10.1. The number of thiophene rings is 1. The lowest BCUT2D eigenvalue weighted by Gasteiger charge is -2.27. The van der Waals surface area contributed by atoms with Gasteiger partial charge < -0.3 is 19.9 Å². The summed E-state index contributed by atoms with van der Waals surface area (Å²) in [7, 11) is 1.97. The number of nitrogens with zero attached hydrogens (tertiary/aromatic N) is 5. The van der Waals surface area contributed by atoms with Gasteiger partial charge in [-0.1, -0.05) is 6.92 Å². The molecule has 8 nitrogen and oxygen atoms in total. The maximum Gasteiger partial charge on any atom is 0.191 e. The Hall–Kier alpha value is -1.97. The molecule has 3 rings (SSSR count). The van der Waals surface area contributed by atoms with Crippen LogP contribution in [-0.2, 0) is 18.3 Å². The second kappa shape index (κ2) is 10.5. The third kappa shape index (κ3) is 6.02. The van der Waals surface area contributed by atoms with Crippen molar-refractivity contribution < 1.29 is 4.74 Å². The quantitative estimate of drug-likeness (QED) is 0.510. The fraction of sp³-hybridized carbons (Fsp3) is 0.632. The van der Waals surface area contributed by atoms with Crippen LogP contribution in [0.5, 0.6) is 0 Å². The SMILES string of the molecule is Cc1nnc(CN=C(NCCN2CCOCC2)NCC(C)c2ccsc2)n1C. The Morgan fingerprint density at radius 1 is 1.32 bits per heavy atom. The summed E-state index contributed by atoms with van der Waals surface area (Å²) in [6, 6.07) is 2.18. The van der Waals surface area contributed by atoms with Crippen LogP contribution in [0.15, 0.2) is 21.8 Å². The van der Waals surface area contributed by atoms with Gasteiger partial charge in [-0.3, -0.25) is 4.90 Å². The number of hydrogen-bond acceptors (Lipinski definition) is 6. The molecule has 1 fully saturated rings. The smallest absolute Gasteiger partial charge is 0.191 e. The summed E-state index contributed by atoms with van der Waals surface area (Å²) in [6.45, 7) is 11.0. The van der Waals surface area contributed by atoms with Crippen molar-refractivity contribution >= 4 is 17.3 Å². The molecule has 0 amide bonds. The lowest BCUT2D eigenvalue weighted by Crippen LogP contribution is -2.45. The Morgan fingerprint density at radius 2 is 2.14 bits per heavy atom. The molecule has 1 aliphatic rings. The molecule has 0 aromatic carbocycles. The van der Waals surface area contributed by atoms with Crippen LogP contribution in [0, 0.1) is 6.92 Å². The van der Waals surface area contributed by atoms with E-state index in [1.807, 2.05) is 18.5 Å². The van der Waals surface area contributed by atoms with Gasteiger partial charge in [-0.05, 0) is 35.2 Å². The first-order chi connectivity index (χ1) is 13.6. The molecule has 0 aliphatic carbocycles. The van der Waals surface area contributed by atoms with Gasteiger partial charge in [0.15, 0.2) is 11.8 Å². The molecule has 2 aromatic heterocycles. The van der Waals surface area contributed by atoms with E-state index in [1.54, 1.807) is 11.3 Å². The van der Waals surface area contributed by atoms with Crippen molar-refractivity contribution in [2.24, 2.45) is 12.0 Å². The predicted molar refractivity (Wildman–Crippen MR) is 113 cm³/mol. The molecule has 2 N–H and O–H groups in total. The molecule has 154 valence electrons. The third-order valence-electron chi connectivity index (χ3n) is 5.07. The van der Waals surface area contributed by atoms with Gasteiger partial charge in [0.2, 0.25) is 0 Å². The normalized spacial score (nSPS) is 16.9. The topological polar surface area (TPSA) is 79.6 Å². The maximum absolute atomic E-state index is 5.42. The highest BCUT2D eigenvalue weighted by atomic mass is 32.1. The van der Waals surface area contributed by atoms with Gasteiger partial charge in [0.25, 0.3) is 0 Å². The van der Waals surface area contributed by atoms with Gasteiger partial charge in [-0.15, -0.1) is 10.2 Å². The van der Waals surface area contributed by atoms with E-state index in [0.29, 0.717) is 12.5 Å². The van der Waals surface area contributed by atoms with Gasteiger partial charge in [-0.25, -0.2) is 4.99 Å². The van der Waals surface area contributed by atoms with E-state index in [1.165, 1.54) is 5.56 Å². The van der Waals surface area contributed by atoms with Gasteiger partial charge in [0, 0.05) is 39.8 Å². The minimum atomic E-state index is 0.426. The Balaban J connectivity index is 1.55. The summed E-state index contributed by atoms with van der Waals surface area (Å²) in [4.78, 5) is 7.15. The molecule has 0 radical (unpaired) electrons. The van der Waals surface area contributed by atoms with E-state index in [9.17, 15) is 0 Å². The van der Waals surface area contributed by atoms with Crippen LogP contribution < -0.4 is 10.6 Å². The highest BCUT2D eigenvalue weighted by Crippen LogP contribution is 2.17. The third-order valence-corrected chi connectivity index (χ3v) is 5.77. The maximum atomic E-state index is 5.42. The average molecular weight is 406 g/mol. The summed E-state index contributed by atoms with van der Waals surface area (Å²) in [5.74, 6) is 2.99. The van der Waals surface area contributed by atoms with Crippen molar-refractivity contribution in [2.75, 3.05) is 45.9 Å². The second-order valence-electron chi connectivity index (χ2n) is 7.11. The molecule has 1 unspecified atom stereocenters. The number of aromatic nitrogens is 3. The minimum Gasteiger partial charge on any atom is -0.379 e. The van der Waals surface area contributed by atoms with Crippen LogP contribution in [0.1, 0.15) is 30.1 Å². The van der Waals surface area contributed by atoms with Crippen LogP contribution in [0.2, 0.25) is 0 Å². The number of hydrogen-bond donors (Lipinski definition) is 2. The van der Waals surface area contributed by atoms with E-state index in [2.05, 4.69) is 49.5 Å². The van der Waals surface area contributed by atoms with E-state index < -0.39 is 0 Å². The highest BCUT2D eigenvalue weighted by molar-refractivity contribution is 7.07. The summed E-state index contributed by atoms with van der Waals surface area (Å²) in [6.07, 6.45) is 0. The first kappa shape index (κ1) is 20.8. The van der Waals surface area contributed by atoms with E-state index in [-0.39, 0.29) is 0 Å². The zero-order valence-corrected chi connectivity index (χ0v) is 17.8. The monoisotopic (exact) mass is 405 g/mol. The summed E-state index contributed by atoms with van der Waals surface area (Å²) < 4.78 is 7.39. The molecule has 1 saturated heterocycles. The number of nitrogens with one attached hydrogen (secondary N) is 2. The summed E-state index contributed by atoms with van der Waals surface area (Å²) >= 11 is 1.74. The summed E-state index contributed by atoms with van der Waals surface area (Å²) in [5.41, 5.74) is 1.36. The fourth-order valence-electron chi connectivity index (χ4n) is 2.99. The number of morpholine rings is 1. The van der Waals surface area contributed by atoms with Crippen LogP contribution in [-0.4, -0.2) is 71.6 Å². The predicted octanol–water partition coefficient (Wildman–Crippen LogP) is 1.36. The first-order valence-corrected chi connectivity index (χ1v) is 10.8. The standard InChI is InChI=1S/C19H31N7OS/c1-15(17-4-11-28-14-17)12-21-19(20-5-6-26-7-9-27-10-8-26)22-13-18-24-23-16(2)25(18)3/h4,11,14-15H,5-10,12-13H2,1-3H3,(H2,20,21,22). The van der Waals surface area contributed by atoms with Gasteiger partial charge >= 0.3 is 0 Å². The number of ether oxygens (including phenoxy) is 1. The second-order valence-corrected chi connectivity index (χ2v) is 7.89. The molecule has 2 aromatic rings. The Bertz CT molecular complexity index is 738. The van der Waals surface area contributed by atoms with Crippen LogP contribution >= 0.6 is 11.3 Å². The molecule has 0 saturated carbocycles. The number of aliphatic imine (C=N–C) groups is 1. The fourth-order valence-corrected chi connectivity index (χ4v) is 3.78. The van der Waals surface area contributed by atoms with E-state index in [0.717, 1.165) is 63.5 Å². The molecule has 1 atom stereocenters. The van der Waals surface area contributed by atoms with Crippen molar-refractivity contribution in [3.05, 3.63) is 34.0 Å².